The topological polar surface area (TPSA) is 88.1 Å². The van der Waals surface area contributed by atoms with Crippen LogP contribution in [0.15, 0.2) is 36.7 Å². The van der Waals surface area contributed by atoms with Crippen molar-refractivity contribution in [3.63, 3.8) is 0 Å². The van der Waals surface area contributed by atoms with Gasteiger partial charge in [0.05, 0.1) is 24.0 Å². The van der Waals surface area contributed by atoms with Crippen LogP contribution in [-0.4, -0.2) is 79.0 Å². The van der Waals surface area contributed by atoms with Gasteiger partial charge in [-0.25, -0.2) is 18.7 Å². The largest absolute Gasteiger partial charge is 0.479 e. The van der Waals surface area contributed by atoms with Crippen LogP contribution in [0.1, 0.15) is 13.3 Å². The van der Waals surface area contributed by atoms with Gasteiger partial charge in [-0.15, -0.1) is 0 Å². The molecule has 11 heteroatoms. The Labute approximate surface area is 196 Å². The first kappa shape index (κ1) is 23.7. The number of rotatable bonds is 8. The smallest absolute Gasteiger partial charge is 0.278 e. The summed E-state index contributed by atoms with van der Waals surface area (Å²) in [6.45, 7) is 1.73. The van der Waals surface area contributed by atoms with Crippen LogP contribution in [0.2, 0.25) is 0 Å². The first-order chi connectivity index (χ1) is 16.1. The van der Waals surface area contributed by atoms with E-state index in [0.717, 1.165) is 12.7 Å². The summed E-state index contributed by atoms with van der Waals surface area (Å²) < 4.78 is 36.5. The van der Waals surface area contributed by atoms with Crippen LogP contribution in [0.4, 0.5) is 20.3 Å². The molecule has 2 aliphatic rings. The molecule has 0 bridgehead atoms. The van der Waals surface area contributed by atoms with Crippen molar-refractivity contribution in [3.8, 4) is 11.6 Å². The molecule has 0 radical (unpaired) electrons. The molecule has 4 rings (SSSR count). The molecule has 2 saturated heterocycles. The Morgan fingerprint density at radius 2 is 1.94 bits per heavy atom. The van der Waals surface area contributed by atoms with Gasteiger partial charge in [0.25, 0.3) is 11.8 Å². The highest BCUT2D eigenvalue weighted by atomic mass is 19.3. The maximum absolute atomic E-state index is 12.9. The molecule has 1 unspecified atom stereocenters. The van der Waals surface area contributed by atoms with Crippen molar-refractivity contribution in [2.75, 3.05) is 50.1 Å². The van der Waals surface area contributed by atoms with Crippen molar-refractivity contribution in [2.24, 2.45) is 5.92 Å². The van der Waals surface area contributed by atoms with E-state index in [4.69, 9.17) is 9.47 Å². The molecule has 0 saturated carbocycles. The molecule has 2 aromatic rings. The summed E-state index contributed by atoms with van der Waals surface area (Å²) in [7, 11) is 3.50. The van der Waals surface area contributed by atoms with E-state index in [2.05, 4.69) is 9.97 Å². The summed E-state index contributed by atoms with van der Waals surface area (Å²) in [5.41, 5.74) is 0.670. The number of hydrogen-bond donors (Lipinski definition) is 0. The van der Waals surface area contributed by atoms with E-state index in [-0.39, 0.29) is 23.6 Å². The molecular weight excluding hydrogens is 448 g/mol. The SMILES string of the molecule is CN(C)C(=O)C1CN(c2ccc(N3CCC(Oc4ccc(OCC(C)(F)F)nc4)C3=O)cn2)C1. The Bertz CT molecular complexity index is 1020. The Morgan fingerprint density at radius 1 is 1.18 bits per heavy atom. The summed E-state index contributed by atoms with van der Waals surface area (Å²) in [4.78, 5) is 38.5. The fourth-order valence-corrected chi connectivity index (χ4v) is 3.82. The van der Waals surface area contributed by atoms with E-state index in [1.165, 1.54) is 18.3 Å². The van der Waals surface area contributed by atoms with E-state index in [1.807, 2.05) is 17.0 Å². The van der Waals surface area contributed by atoms with Gasteiger partial charge in [-0.3, -0.25) is 9.59 Å². The van der Waals surface area contributed by atoms with Gasteiger partial charge in [0.1, 0.15) is 11.6 Å². The number of amides is 2. The highest BCUT2D eigenvalue weighted by molar-refractivity contribution is 5.99. The molecule has 0 N–H and O–H groups in total. The summed E-state index contributed by atoms with van der Waals surface area (Å²) >= 11 is 0. The zero-order valence-corrected chi connectivity index (χ0v) is 19.3. The molecule has 0 aliphatic carbocycles. The summed E-state index contributed by atoms with van der Waals surface area (Å²) in [6.07, 6.45) is 2.80. The monoisotopic (exact) mass is 475 g/mol. The standard InChI is InChI=1S/C23H27F2N5O4/c1-23(24,25)14-33-20-7-5-17(11-27-20)34-18-8-9-30(22(18)32)16-4-6-19(26-10-16)29-12-15(13-29)21(31)28(2)3/h4-7,10-11,15,18H,8-9,12-14H2,1-3H3. The molecule has 2 amide bonds. The van der Waals surface area contributed by atoms with Crippen molar-refractivity contribution in [2.45, 2.75) is 25.4 Å². The van der Waals surface area contributed by atoms with Gasteiger partial charge in [0, 0.05) is 53.1 Å². The first-order valence-electron chi connectivity index (χ1n) is 11.0. The summed E-state index contributed by atoms with van der Waals surface area (Å²) in [5.74, 6) is -1.88. The Kier molecular flexibility index (Phi) is 6.54. The third-order valence-electron chi connectivity index (χ3n) is 5.66. The molecule has 0 aromatic carbocycles. The number of alkyl halides is 2. The minimum absolute atomic E-state index is 0.0164. The van der Waals surface area contributed by atoms with Crippen LogP contribution in [0.25, 0.3) is 0 Å². The number of halogens is 2. The lowest BCUT2D eigenvalue weighted by Gasteiger charge is -2.40. The molecule has 0 spiro atoms. The molecule has 34 heavy (non-hydrogen) atoms. The first-order valence-corrected chi connectivity index (χ1v) is 11.0. The quantitative estimate of drug-likeness (QED) is 0.579. The predicted molar refractivity (Wildman–Crippen MR) is 120 cm³/mol. The van der Waals surface area contributed by atoms with Crippen molar-refractivity contribution < 1.29 is 27.8 Å². The van der Waals surface area contributed by atoms with Gasteiger partial charge in [-0.2, -0.15) is 0 Å². The minimum Gasteiger partial charge on any atom is -0.479 e. The Balaban J connectivity index is 1.30. The van der Waals surface area contributed by atoms with E-state index in [0.29, 0.717) is 37.5 Å². The molecule has 2 fully saturated rings. The van der Waals surface area contributed by atoms with Crippen LogP contribution < -0.4 is 19.3 Å². The number of pyridine rings is 2. The van der Waals surface area contributed by atoms with Crippen LogP contribution in [0.3, 0.4) is 0 Å². The van der Waals surface area contributed by atoms with Crippen LogP contribution in [-0.2, 0) is 9.59 Å². The molecule has 1 atom stereocenters. The second kappa shape index (κ2) is 9.40. The zero-order chi connectivity index (χ0) is 24.5. The number of ether oxygens (including phenoxy) is 2. The highest BCUT2D eigenvalue weighted by Crippen LogP contribution is 2.28. The average Bonchev–Trinajstić information content (AvgIpc) is 3.12. The predicted octanol–water partition coefficient (Wildman–Crippen LogP) is 2.22. The molecule has 2 aromatic heterocycles. The van der Waals surface area contributed by atoms with Gasteiger partial charge in [0.2, 0.25) is 11.8 Å². The number of hydrogen-bond acceptors (Lipinski definition) is 7. The van der Waals surface area contributed by atoms with Crippen LogP contribution in [0, 0.1) is 5.92 Å². The van der Waals surface area contributed by atoms with Gasteiger partial charge >= 0.3 is 0 Å². The lowest BCUT2D eigenvalue weighted by molar-refractivity contribution is -0.133. The number of carbonyl (C=O) groups is 2. The van der Waals surface area contributed by atoms with Gasteiger partial charge in [0.15, 0.2) is 12.7 Å². The maximum atomic E-state index is 12.9. The minimum atomic E-state index is -2.95. The van der Waals surface area contributed by atoms with Crippen molar-refractivity contribution in [1.29, 1.82) is 0 Å². The molecular formula is C23H27F2N5O4. The number of nitrogens with zero attached hydrogens (tertiary/aromatic N) is 5. The second-order valence-electron chi connectivity index (χ2n) is 8.79. The van der Waals surface area contributed by atoms with Crippen LogP contribution in [0.5, 0.6) is 11.6 Å². The van der Waals surface area contributed by atoms with E-state index >= 15 is 0 Å². The Hall–Kier alpha value is -3.50. The van der Waals surface area contributed by atoms with Crippen LogP contribution >= 0.6 is 0 Å². The van der Waals surface area contributed by atoms with Crippen molar-refractivity contribution in [3.05, 3.63) is 36.7 Å². The zero-order valence-electron chi connectivity index (χ0n) is 19.3. The normalized spacial score (nSPS) is 18.6. The van der Waals surface area contributed by atoms with Gasteiger partial charge < -0.3 is 24.2 Å². The van der Waals surface area contributed by atoms with Gasteiger partial charge in [-0.05, 0) is 18.2 Å². The van der Waals surface area contributed by atoms with E-state index in [9.17, 15) is 18.4 Å². The van der Waals surface area contributed by atoms with Crippen molar-refractivity contribution in [1.82, 2.24) is 14.9 Å². The van der Waals surface area contributed by atoms with Crippen molar-refractivity contribution >= 4 is 23.3 Å². The summed E-state index contributed by atoms with van der Waals surface area (Å²) in [5, 5.41) is 0. The number of anilines is 2. The second-order valence-corrected chi connectivity index (χ2v) is 8.79. The lowest BCUT2D eigenvalue weighted by Crippen LogP contribution is -2.53. The highest BCUT2D eigenvalue weighted by Gasteiger charge is 2.36. The van der Waals surface area contributed by atoms with E-state index in [1.54, 1.807) is 30.1 Å². The molecule has 9 nitrogen and oxygen atoms in total. The molecule has 4 heterocycles. The van der Waals surface area contributed by atoms with Gasteiger partial charge in [-0.1, -0.05) is 0 Å². The lowest BCUT2D eigenvalue weighted by atomic mass is 9.99. The number of carbonyl (C=O) groups excluding carboxylic acids is 2. The fourth-order valence-electron chi connectivity index (χ4n) is 3.82. The third-order valence-corrected chi connectivity index (χ3v) is 5.66. The maximum Gasteiger partial charge on any atom is 0.278 e. The average molecular weight is 475 g/mol. The number of aromatic nitrogens is 2. The Morgan fingerprint density at radius 3 is 2.53 bits per heavy atom. The summed E-state index contributed by atoms with van der Waals surface area (Å²) in [6, 6.07) is 6.63. The molecule has 2 aliphatic heterocycles. The fraction of sp³-hybridized carbons (Fsp3) is 0.478. The van der Waals surface area contributed by atoms with E-state index < -0.39 is 18.6 Å². The molecule has 182 valence electrons. The third kappa shape index (κ3) is 5.35.